The first-order valence-corrected chi connectivity index (χ1v) is 5.43. The van der Waals surface area contributed by atoms with Crippen molar-refractivity contribution in [3.63, 3.8) is 0 Å². The van der Waals surface area contributed by atoms with Gasteiger partial charge in [0, 0.05) is 17.6 Å². The first kappa shape index (κ1) is 11.9. The lowest BCUT2D eigenvalue weighted by Gasteiger charge is -2.07. The maximum atomic E-state index is 8.77. The maximum absolute atomic E-state index is 8.77. The van der Waals surface area contributed by atoms with Crippen molar-refractivity contribution in [2.75, 3.05) is 5.32 Å². The van der Waals surface area contributed by atoms with E-state index >= 15 is 0 Å². The molecule has 1 N–H and O–H groups in total. The highest BCUT2D eigenvalue weighted by Crippen LogP contribution is 2.23. The third kappa shape index (κ3) is 2.57. The van der Waals surface area contributed by atoms with E-state index in [1.165, 1.54) is 0 Å². The molecule has 1 heterocycles. The molecule has 18 heavy (non-hydrogen) atoms. The fraction of sp³-hybridized carbons (Fsp3) is 0. The Balaban J connectivity index is 2.27. The van der Waals surface area contributed by atoms with Crippen molar-refractivity contribution in [3.05, 3.63) is 52.8 Å². The molecule has 0 saturated carbocycles. The Morgan fingerprint density at radius 2 is 1.83 bits per heavy atom. The van der Waals surface area contributed by atoms with Gasteiger partial charge < -0.3 is 5.32 Å². The molecular formula is C13H7ClN4. The normalized spacial score (nSPS) is 9.28. The van der Waals surface area contributed by atoms with Crippen molar-refractivity contribution in [3.8, 4) is 12.1 Å². The third-order valence-corrected chi connectivity index (χ3v) is 2.57. The van der Waals surface area contributed by atoms with E-state index in [0.717, 1.165) is 11.4 Å². The summed E-state index contributed by atoms with van der Waals surface area (Å²) in [6, 6.07) is 12.4. The standard InChI is InChI=1S/C13H7ClN4/c14-13-6-10(2-1-9(13)7-15)18-11-3-4-17-12(5-11)8-16/h1-6H,(H,17,18). The number of nitriles is 2. The number of hydrogen-bond acceptors (Lipinski definition) is 4. The lowest BCUT2D eigenvalue weighted by molar-refractivity contribution is 1.26. The van der Waals surface area contributed by atoms with E-state index in [0.29, 0.717) is 16.3 Å². The van der Waals surface area contributed by atoms with E-state index in [1.54, 1.807) is 36.5 Å². The topological polar surface area (TPSA) is 72.5 Å². The summed E-state index contributed by atoms with van der Waals surface area (Å²) in [4.78, 5) is 3.87. The molecule has 4 nitrogen and oxygen atoms in total. The van der Waals surface area contributed by atoms with Gasteiger partial charge in [-0.25, -0.2) is 4.98 Å². The second kappa shape index (κ2) is 5.18. The molecule has 0 aliphatic heterocycles. The Kier molecular flexibility index (Phi) is 3.43. The summed E-state index contributed by atoms with van der Waals surface area (Å²) in [5, 5.41) is 21.0. The molecule has 2 aromatic rings. The van der Waals surface area contributed by atoms with Gasteiger partial charge in [0.1, 0.15) is 17.8 Å². The van der Waals surface area contributed by atoms with Gasteiger partial charge in [-0.2, -0.15) is 10.5 Å². The van der Waals surface area contributed by atoms with Crippen LogP contribution in [0.1, 0.15) is 11.3 Å². The summed E-state index contributed by atoms with van der Waals surface area (Å²) in [6.45, 7) is 0. The van der Waals surface area contributed by atoms with Gasteiger partial charge in [-0.15, -0.1) is 0 Å². The van der Waals surface area contributed by atoms with Crippen molar-refractivity contribution in [2.45, 2.75) is 0 Å². The second-order valence-electron chi connectivity index (χ2n) is 3.47. The largest absolute Gasteiger partial charge is 0.355 e. The zero-order chi connectivity index (χ0) is 13.0. The summed E-state index contributed by atoms with van der Waals surface area (Å²) in [5.74, 6) is 0. The van der Waals surface area contributed by atoms with Crippen LogP contribution in [0.2, 0.25) is 5.02 Å². The van der Waals surface area contributed by atoms with E-state index in [2.05, 4.69) is 10.3 Å². The molecule has 0 saturated heterocycles. The molecule has 0 spiro atoms. The Morgan fingerprint density at radius 3 is 2.50 bits per heavy atom. The smallest absolute Gasteiger partial charge is 0.142 e. The number of pyridine rings is 1. The lowest BCUT2D eigenvalue weighted by atomic mass is 10.2. The van der Waals surface area contributed by atoms with E-state index in [9.17, 15) is 0 Å². The molecule has 1 aromatic carbocycles. The Morgan fingerprint density at radius 1 is 1.06 bits per heavy atom. The fourth-order valence-electron chi connectivity index (χ4n) is 1.42. The number of nitrogens with one attached hydrogen (secondary N) is 1. The van der Waals surface area contributed by atoms with Crippen molar-refractivity contribution in [2.24, 2.45) is 0 Å². The van der Waals surface area contributed by atoms with Crippen LogP contribution in [-0.4, -0.2) is 4.98 Å². The Hall–Kier alpha value is -2.56. The van der Waals surface area contributed by atoms with Crippen LogP contribution in [0.15, 0.2) is 36.5 Å². The van der Waals surface area contributed by atoms with Crippen LogP contribution in [0.4, 0.5) is 11.4 Å². The molecule has 0 aliphatic carbocycles. The van der Waals surface area contributed by atoms with E-state index < -0.39 is 0 Å². The average molecular weight is 255 g/mol. The van der Waals surface area contributed by atoms with Crippen LogP contribution < -0.4 is 5.32 Å². The van der Waals surface area contributed by atoms with Gasteiger partial charge in [-0.3, -0.25) is 0 Å². The zero-order valence-corrected chi connectivity index (χ0v) is 9.94. The first-order valence-electron chi connectivity index (χ1n) is 5.06. The van der Waals surface area contributed by atoms with Gasteiger partial charge in [-0.05, 0) is 30.3 Å². The number of halogens is 1. The number of aromatic nitrogens is 1. The lowest BCUT2D eigenvalue weighted by Crippen LogP contribution is -1.92. The average Bonchev–Trinajstić information content (AvgIpc) is 2.39. The summed E-state index contributed by atoms with van der Waals surface area (Å²) in [6.07, 6.45) is 1.55. The van der Waals surface area contributed by atoms with E-state index in [1.807, 2.05) is 12.1 Å². The van der Waals surface area contributed by atoms with Crippen LogP contribution >= 0.6 is 11.6 Å². The highest BCUT2D eigenvalue weighted by atomic mass is 35.5. The van der Waals surface area contributed by atoms with E-state index in [-0.39, 0.29) is 0 Å². The van der Waals surface area contributed by atoms with Crippen molar-refractivity contribution < 1.29 is 0 Å². The molecule has 0 unspecified atom stereocenters. The molecule has 0 bridgehead atoms. The van der Waals surface area contributed by atoms with Crippen molar-refractivity contribution >= 4 is 23.0 Å². The Labute approximate surface area is 109 Å². The summed E-state index contributed by atoms with van der Waals surface area (Å²) in [5.41, 5.74) is 2.24. The minimum atomic E-state index is 0.333. The van der Waals surface area contributed by atoms with Gasteiger partial charge >= 0.3 is 0 Å². The van der Waals surface area contributed by atoms with Gasteiger partial charge in [0.05, 0.1) is 10.6 Å². The molecule has 86 valence electrons. The molecule has 0 amide bonds. The molecule has 0 fully saturated rings. The number of rotatable bonds is 2. The van der Waals surface area contributed by atoms with Crippen LogP contribution in [-0.2, 0) is 0 Å². The second-order valence-corrected chi connectivity index (χ2v) is 3.88. The molecule has 5 heteroatoms. The van der Waals surface area contributed by atoms with Crippen molar-refractivity contribution in [1.82, 2.24) is 4.98 Å². The number of anilines is 2. The maximum Gasteiger partial charge on any atom is 0.142 e. The summed E-state index contributed by atoms with van der Waals surface area (Å²) in [7, 11) is 0. The zero-order valence-electron chi connectivity index (χ0n) is 9.18. The molecular weight excluding hydrogens is 248 g/mol. The van der Waals surface area contributed by atoms with Crippen LogP contribution in [0, 0.1) is 22.7 Å². The van der Waals surface area contributed by atoms with E-state index in [4.69, 9.17) is 22.1 Å². The summed E-state index contributed by atoms with van der Waals surface area (Å²) >= 11 is 5.93. The first-order chi connectivity index (χ1) is 8.72. The quantitative estimate of drug-likeness (QED) is 0.893. The molecule has 1 aromatic heterocycles. The minimum Gasteiger partial charge on any atom is -0.355 e. The van der Waals surface area contributed by atoms with Crippen molar-refractivity contribution in [1.29, 1.82) is 10.5 Å². The molecule has 0 radical (unpaired) electrons. The van der Waals surface area contributed by atoms with Gasteiger partial charge in [0.15, 0.2) is 0 Å². The van der Waals surface area contributed by atoms with Crippen LogP contribution in [0.25, 0.3) is 0 Å². The Bertz CT molecular complexity index is 667. The predicted octanol–water partition coefficient (Wildman–Crippen LogP) is 3.22. The van der Waals surface area contributed by atoms with Crippen LogP contribution in [0.5, 0.6) is 0 Å². The minimum absolute atomic E-state index is 0.333. The summed E-state index contributed by atoms with van der Waals surface area (Å²) < 4.78 is 0. The number of hydrogen-bond donors (Lipinski definition) is 1. The molecule has 0 atom stereocenters. The monoisotopic (exact) mass is 254 g/mol. The van der Waals surface area contributed by atoms with Gasteiger partial charge in [0.2, 0.25) is 0 Å². The van der Waals surface area contributed by atoms with Gasteiger partial charge in [0.25, 0.3) is 0 Å². The third-order valence-electron chi connectivity index (χ3n) is 2.25. The highest BCUT2D eigenvalue weighted by Gasteiger charge is 2.02. The highest BCUT2D eigenvalue weighted by molar-refractivity contribution is 6.32. The van der Waals surface area contributed by atoms with Gasteiger partial charge in [-0.1, -0.05) is 11.6 Å². The van der Waals surface area contributed by atoms with Crippen LogP contribution in [0.3, 0.4) is 0 Å². The fourth-order valence-corrected chi connectivity index (χ4v) is 1.64. The molecule has 2 rings (SSSR count). The predicted molar refractivity (Wildman–Crippen MR) is 68.4 cm³/mol. The number of benzene rings is 1. The molecule has 0 aliphatic rings. The number of nitrogens with zero attached hydrogens (tertiary/aromatic N) is 3. The SMILES string of the molecule is N#Cc1cc(Nc2ccc(C#N)c(Cl)c2)ccn1.